The molecule has 5 nitrogen and oxygen atoms in total. The minimum absolute atomic E-state index is 0.00303. The van der Waals surface area contributed by atoms with Gasteiger partial charge in [-0.15, -0.1) is 0 Å². The Morgan fingerprint density at radius 1 is 0.865 bits per heavy atom. The van der Waals surface area contributed by atoms with Gasteiger partial charge in [-0.1, -0.05) is 20.8 Å². The van der Waals surface area contributed by atoms with Gasteiger partial charge in [0.15, 0.2) is 0 Å². The highest BCUT2D eigenvalue weighted by atomic mass is 16.5. The first-order valence-electron chi connectivity index (χ1n) is 15.2. The molecule has 4 aliphatic carbocycles. The standard InChI is InChI=1S/C32H51NO4/c1-19-8-11-28(33(7)18-19)20(2)30-29(37-22(4)35)17-27-25-10-9-23-16-24(36-21(3)34)12-14-31(23,5)26(25)13-15-32(27,30)6/h19,23-27,29-30H,8-18H2,1-7H3/b28-20+. The highest BCUT2D eigenvalue weighted by Crippen LogP contribution is 2.69. The summed E-state index contributed by atoms with van der Waals surface area (Å²) in [5.74, 6) is 3.48. The van der Waals surface area contributed by atoms with E-state index < -0.39 is 0 Å². The van der Waals surface area contributed by atoms with E-state index in [1.165, 1.54) is 49.8 Å². The summed E-state index contributed by atoms with van der Waals surface area (Å²) < 4.78 is 11.8. The minimum Gasteiger partial charge on any atom is -0.463 e. The molecule has 1 heterocycles. The van der Waals surface area contributed by atoms with Crippen LogP contribution in [0.1, 0.15) is 106 Å². The van der Waals surface area contributed by atoms with E-state index in [9.17, 15) is 9.59 Å². The van der Waals surface area contributed by atoms with Crippen molar-refractivity contribution < 1.29 is 19.1 Å². The van der Waals surface area contributed by atoms with Gasteiger partial charge in [0.25, 0.3) is 0 Å². The van der Waals surface area contributed by atoms with Gasteiger partial charge in [0.1, 0.15) is 12.2 Å². The molecule has 0 spiro atoms. The Labute approximate surface area is 225 Å². The molecular formula is C32H51NO4. The maximum atomic E-state index is 12.3. The second-order valence-corrected chi connectivity index (χ2v) is 14.2. The van der Waals surface area contributed by atoms with E-state index in [4.69, 9.17) is 9.47 Å². The van der Waals surface area contributed by atoms with Crippen LogP contribution in [0.2, 0.25) is 0 Å². The van der Waals surface area contributed by atoms with Crippen LogP contribution >= 0.6 is 0 Å². The molecule has 0 N–H and O–H groups in total. The zero-order chi connectivity index (χ0) is 26.7. The van der Waals surface area contributed by atoms with Crippen molar-refractivity contribution in [3.05, 3.63) is 11.3 Å². The lowest BCUT2D eigenvalue weighted by Crippen LogP contribution is -2.54. The van der Waals surface area contributed by atoms with Gasteiger partial charge in [-0.3, -0.25) is 9.59 Å². The van der Waals surface area contributed by atoms with Gasteiger partial charge in [0.05, 0.1) is 0 Å². The lowest BCUT2D eigenvalue weighted by Gasteiger charge is -2.61. The number of piperidine rings is 1. The molecule has 5 aliphatic rings. The fraction of sp³-hybridized carbons (Fsp3) is 0.875. The molecule has 5 rings (SSSR count). The van der Waals surface area contributed by atoms with Crippen LogP contribution in [-0.2, 0) is 19.1 Å². The highest BCUT2D eigenvalue weighted by Gasteiger charge is 2.63. The molecule has 5 fully saturated rings. The average molecular weight is 514 g/mol. The van der Waals surface area contributed by atoms with Crippen molar-refractivity contribution in [2.24, 2.45) is 46.3 Å². The van der Waals surface area contributed by atoms with Crippen LogP contribution in [-0.4, -0.2) is 42.6 Å². The summed E-state index contributed by atoms with van der Waals surface area (Å²) in [6.45, 7) is 14.1. The average Bonchev–Trinajstić information content (AvgIpc) is 3.09. The predicted molar refractivity (Wildman–Crippen MR) is 145 cm³/mol. The van der Waals surface area contributed by atoms with Crippen LogP contribution in [0.25, 0.3) is 0 Å². The maximum Gasteiger partial charge on any atom is 0.302 e. The third kappa shape index (κ3) is 4.65. The number of rotatable bonds is 3. The van der Waals surface area contributed by atoms with Crippen LogP contribution in [0, 0.1) is 46.3 Å². The van der Waals surface area contributed by atoms with Crippen LogP contribution in [0.15, 0.2) is 11.3 Å². The topological polar surface area (TPSA) is 55.8 Å². The monoisotopic (exact) mass is 513 g/mol. The van der Waals surface area contributed by atoms with Crippen LogP contribution in [0.4, 0.5) is 0 Å². The number of esters is 2. The number of likely N-dealkylation sites (tertiary alicyclic amines) is 1. The van der Waals surface area contributed by atoms with Gasteiger partial charge in [-0.2, -0.15) is 0 Å². The first kappa shape index (κ1) is 27.1. The summed E-state index contributed by atoms with van der Waals surface area (Å²) in [6.07, 6.45) is 11.7. The number of allylic oxidation sites excluding steroid dienone is 1. The van der Waals surface area contributed by atoms with Crippen molar-refractivity contribution in [2.75, 3.05) is 13.6 Å². The maximum absolute atomic E-state index is 12.3. The summed E-state index contributed by atoms with van der Waals surface area (Å²) in [4.78, 5) is 26.4. The Morgan fingerprint density at radius 3 is 2.24 bits per heavy atom. The van der Waals surface area contributed by atoms with E-state index in [1.54, 1.807) is 13.8 Å². The number of fused-ring (bicyclic) bond motifs is 5. The summed E-state index contributed by atoms with van der Waals surface area (Å²) in [6, 6.07) is 0. The van der Waals surface area contributed by atoms with Crippen LogP contribution in [0.3, 0.4) is 0 Å². The second kappa shape index (κ2) is 9.90. The normalized spacial score (nSPS) is 46.8. The Morgan fingerprint density at radius 2 is 1.57 bits per heavy atom. The molecule has 1 aliphatic heterocycles. The molecule has 0 amide bonds. The Bertz CT molecular complexity index is 943. The molecule has 0 radical (unpaired) electrons. The largest absolute Gasteiger partial charge is 0.463 e. The molecule has 0 aromatic carbocycles. The van der Waals surface area contributed by atoms with E-state index in [2.05, 4.69) is 39.6 Å². The van der Waals surface area contributed by atoms with Crippen molar-refractivity contribution in [3.8, 4) is 0 Å². The first-order valence-corrected chi connectivity index (χ1v) is 15.2. The third-order valence-corrected chi connectivity index (χ3v) is 12.1. The van der Waals surface area contributed by atoms with Crippen molar-refractivity contribution in [2.45, 2.75) is 118 Å². The van der Waals surface area contributed by atoms with Gasteiger partial charge in [0.2, 0.25) is 0 Å². The number of carbonyl (C=O) groups excluding carboxylic acids is 2. The van der Waals surface area contributed by atoms with Crippen molar-refractivity contribution in [1.29, 1.82) is 0 Å². The predicted octanol–water partition coefficient (Wildman–Crippen LogP) is 6.75. The van der Waals surface area contributed by atoms with E-state index in [0.717, 1.165) is 44.1 Å². The number of ether oxygens (including phenoxy) is 2. The fourth-order valence-electron chi connectivity index (χ4n) is 10.6. The third-order valence-electron chi connectivity index (χ3n) is 12.1. The molecule has 0 aromatic heterocycles. The molecule has 208 valence electrons. The lowest BCUT2D eigenvalue weighted by molar-refractivity contribution is -0.160. The SMILES string of the molecule is CC(=O)OC1CCC2(C)C(CCC3C2CCC2(C)C3CC(OC(C)=O)C2/C(C)=C2\CCC(C)CN2C)C1. The minimum atomic E-state index is -0.133. The van der Waals surface area contributed by atoms with Crippen molar-refractivity contribution >= 4 is 11.9 Å². The zero-order valence-electron chi connectivity index (χ0n) is 24.5. The summed E-state index contributed by atoms with van der Waals surface area (Å²) >= 11 is 0. The summed E-state index contributed by atoms with van der Waals surface area (Å²) in [7, 11) is 2.26. The van der Waals surface area contributed by atoms with Gasteiger partial charge in [-0.05, 0) is 117 Å². The van der Waals surface area contributed by atoms with E-state index in [0.29, 0.717) is 29.1 Å². The smallest absolute Gasteiger partial charge is 0.302 e. The van der Waals surface area contributed by atoms with Crippen molar-refractivity contribution in [3.63, 3.8) is 0 Å². The van der Waals surface area contributed by atoms with Gasteiger partial charge >= 0.3 is 11.9 Å². The molecule has 10 atom stereocenters. The van der Waals surface area contributed by atoms with Crippen molar-refractivity contribution in [1.82, 2.24) is 4.90 Å². The van der Waals surface area contributed by atoms with E-state index in [-0.39, 0.29) is 29.6 Å². The molecule has 10 unspecified atom stereocenters. The second-order valence-electron chi connectivity index (χ2n) is 14.2. The molecule has 4 saturated carbocycles. The van der Waals surface area contributed by atoms with E-state index in [1.807, 2.05) is 0 Å². The zero-order valence-corrected chi connectivity index (χ0v) is 24.5. The Balaban J connectivity index is 1.43. The first-order chi connectivity index (χ1) is 17.4. The summed E-state index contributed by atoms with van der Waals surface area (Å²) in [5.41, 5.74) is 3.51. The Kier molecular flexibility index (Phi) is 7.24. The van der Waals surface area contributed by atoms with Crippen LogP contribution < -0.4 is 0 Å². The van der Waals surface area contributed by atoms with Gasteiger partial charge in [-0.25, -0.2) is 0 Å². The summed E-state index contributed by atoms with van der Waals surface area (Å²) in [5, 5.41) is 0. The van der Waals surface area contributed by atoms with E-state index >= 15 is 0 Å². The number of hydrogen-bond acceptors (Lipinski definition) is 5. The molecule has 1 saturated heterocycles. The number of hydrogen-bond donors (Lipinski definition) is 0. The molecule has 37 heavy (non-hydrogen) atoms. The molecule has 0 aromatic rings. The van der Waals surface area contributed by atoms with Gasteiger partial charge < -0.3 is 14.4 Å². The van der Waals surface area contributed by atoms with Gasteiger partial charge in [0, 0.05) is 39.1 Å². The number of nitrogens with zero attached hydrogens (tertiary/aromatic N) is 1. The highest BCUT2D eigenvalue weighted by molar-refractivity contribution is 5.66. The molecule has 0 bridgehead atoms. The molecule has 5 heteroatoms. The fourth-order valence-corrected chi connectivity index (χ4v) is 10.6. The van der Waals surface area contributed by atoms with Crippen LogP contribution in [0.5, 0.6) is 0 Å². The Hall–Kier alpha value is -1.52. The quantitative estimate of drug-likeness (QED) is 0.391. The lowest BCUT2D eigenvalue weighted by atomic mass is 9.44. The number of carbonyl (C=O) groups is 2. The molecular weight excluding hydrogens is 462 g/mol.